The van der Waals surface area contributed by atoms with Gasteiger partial charge in [-0.05, 0) is 25.5 Å². The molecular formula is C12H18N2. The van der Waals surface area contributed by atoms with Crippen LogP contribution in [0.15, 0.2) is 24.3 Å². The van der Waals surface area contributed by atoms with Gasteiger partial charge in [0, 0.05) is 31.4 Å². The zero-order chi connectivity index (χ0) is 9.97. The van der Waals surface area contributed by atoms with Crippen molar-refractivity contribution in [3.63, 3.8) is 0 Å². The molecule has 1 saturated heterocycles. The van der Waals surface area contributed by atoms with E-state index in [2.05, 4.69) is 48.3 Å². The molecule has 2 rings (SSSR count). The van der Waals surface area contributed by atoms with E-state index in [0.29, 0.717) is 6.04 Å². The molecule has 1 aliphatic rings. The molecule has 2 nitrogen and oxygen atoms in total. The molecule has 76 valence electrons. The van der Waals surface area contributed by atoms with Crippen molar-refractivity contribution in [3.05, 3.63) is 29.8 Å². The number of para-hydroxylation sites is 1. The monoisotopic (exact) mass is 190 g/mol. The summed E-state index contributed by atoms with van der Waals surface area (Å²) in [4.78, 5) is 2.49. The minimum Gasteiger partial charge on any atom is -0.366 e. The summed E-state index contributed by atoms with van der Waals surface area (Å²) >= 11 is 0. The zero-order valence-corrected chi connectivity index (χ0v) is 8.96. The van der Waals surface area contributed by atoms with Crippen LogP contribution >= 0.6 is 0 Å². The largest absolute Gasteiger partial charge is 0.366 e. The molecule has 0 aliphatic carbocycles. The lowest BCUT2D eigenvalue weighted by Gasteiger charge is -2.36. The summed E-state index contributed by atoms with van der Waals surface area (Å²) in [5.41, 5.74) is 2.77. The molecule has 1 N–H and O–H groups in total. The van der Waals surface area contributed by atoms with Crippen molar-refractivity contribution in [3.8, 4) is 0 Å². The van der Waals surface area contributed by atoms with Crippen LogP contribution in [0.5, 0.6) is 0 Å². The number of piperazine rings is 1. The van der Waals surface area contributed by atoms with Crippen LogP contribution in [0, 0.1) is 6.92 Å². The molecule has 1 fully saturated rings. The number of nitrogens with one attached hydrogen (secondary N) is 1. The van der Waals surface area contributed by atoms with Crippen LogP contribution in [0.4, 0.5) is 5.69 Å². The van der Waals surface area contributed by atoms with Gasteiger partial charge in [0.05, 0.1) is 0 Å². The van der Waals surface area contributed by atoms with Crippen LogP contribution in [0.3, 0.4) is 0 Å². The number of benzene rings is 1. The van der Waals surface area contributed by atoms with E-state index in [-0.39, 0.29) is 0 Å². The molecule has 0 spiro atoms. The minimum absolute atomic E-state index is 0.602. The fourth-order valence-electron chi connectivity index (χ4n) is 2.08. The maximum atomic E-state index is 3.41. The van der Waals surface area contributed by atoms with E-state index >= 15 is 0 Å². The summed E-state index contributed by atoms with van der Waals surface area (Å²) in [6, 6.07) is 9.23. The van der Waals surface area contributed by atoms with Gasteiger partial charge in [-0.3, -0.25) is 0 Å². The second-order valence-electron chi connectivity index (χ2n) is 4.03. The first-order chi connectivity index (χ1) is 6.79. The fourth-order valence-corrected chi connectivity index (χ4v) is 2.08. The van der Waals surface area contributed by atoms with Crippen molar-refractivity contribution < 1.29 is 0 Å². The highest BCUT2D eigenvalue weighted by atomic mass is 15.2. The molecule has 2 heteroatoms. The molecule has 0 saturated carbocycles. The lowest BCUT2D eigenvalue weighted by molar-refractivity contribution is 0.500. The van der Waals surface area contributed by atoms with Crippen molar-refractivity contribution in [2.75, 3.05) is 24.5 Å². The van der Waals surface area contributed by atoms with E-state index in [4.69, 9.17) is 0 Å². The van der Waals surface area contributed by atoms with Crippen molar-refractivity contribution in [2.24, 2.45) is 0 Å². The Kier molecular flexibility index (Phi) is 2.73. The predicted molar refractivity (Wildman–Crippen MR) is 60.9 cm³/mol. The van der Waals surface area contributed by atoms with E-state index in [0.717, 1.165) is 19.6 Å². The van der Waals surface area contributed by atoms with Crippen molar-refractivity contribution in [1.82, 2.24) is 5.32 Å². The van der Waals surface area contributed by atoms with Gasteiger partial charge in [-0.25, -0.2) is 0 Å². The second kappa shape index (κ2) is 4.01. The highest BCUT2D eigenvalue weighted by Gasteiger charge is 2.18. The highest BCUT2D eigenvalue weighted by Crippen LogP contribution is 2.22. The average molecular weight is 190 g/mol. The van der Waals surface area contributed by atoms with Crippen LogP contribution in [-0.2, 0) is 0 Å². The number of hydrogen-bond acceptors (Lipinski definition) is 2. The highest BCUT2D eigenvalue weighted by molar-refractivity contribution is 5.54. The van der Waals surface area contributed by atoms with Crippen LogP contribution in [-0.4, -0.2) is 25.7 Å². The Hall–Kier alpha value is -1.02. The van der Waals surface area contributed by atoms with E-state index < -0.39 is 0 Å². The van der Waals surface area contributed by atoms with Crippen molar-refractivity contribution >= 4 is 5.69 Å². The molecule has 1 unspecified atom stereocenters. The van der Waals surface area contributed by atoms with E-state index in [1.807, 2.05) is 0 Å². The Morgan fingerprint density at radius 1 is 1.36 bits per heavy atom. The minimum atomic E-state index is 0.602. The smallest absolute Gasteiger partial charge is 0.0399 e. The Bertz CT molecular complexity index is 309. The summed E-state index contributed by atoms with van der Waals surface area (Å²) in [7, 11) is 0. The Morgan fingerprint density at radius 2 is 2.14 bits per heavy atom. The molecular weight excluding hydrogens is 172 g/mol. The number of nitrogens with zero attached hydrogens (tertiary/aromatic N) is 1. The molecule has 1 heterocycles. The molecule has 0 amide bonds. The van der Waals surface area contributed by atoms with Crippen molar-refractivity contribution in [1.29, 1.82) is 0 Å². The summed E-state index contributed by atoms with van der Waals surface area (Å²) in [6.07, 6.45) is 0. The Morgan fingerprint density at radius 3 is 2.86 bits per heavy atom. The van der Waals surface area contributed by atoms with Gasteiger partial charge in [0.2, 0.25) is 0 Å². The van der Waals surface area contributed by atoms with Gasteiger partial charge in [-0.15, -0.1) is 0 Å². The first-order valence-corrected chi connectivity index (χ1v) is 5.32. The average Bonchev–Trinajstić information content (AvgIpc) is 2.20. The second-order valence-corrected chi connectivity index (χ2v) is 4.03. The molecule has 1 aromatic rings. The molecule has 0 bridgehead atoms. The van der Waals surface area contributed by atoms with Crippen LogP contribution < -0.4 is 10.2 Å². The zero-order valence-electron chi connectivity index (χ0n) is 8.96. The van der Waals surface area contributed by atoms with Crippen LogP contribution in [0.25, 0.3) is 0 Å². The molecule has 1 atom stereocenters. The first-order valence-electron chi connectivity index (χ1n) is 5.32. The molecule has 14 heavy (non-hydrogen) atoms. The van der Waals surface area contributed by atoms with E-state index in [1.54, 1.807) is 0 Å². The molecule has 0 aromatic heterocycles. The van der Waals surface area contributed by atoms with Crippen molar-refractivity contribution in [2.45, 2.75) is 19.9 Å². The van der Waals surface area contributed by atoms with Gasteiger partial charge < -0.3 is 10.2 Å². The normalized spacial score (nSPS) is 22.4. The maximum absolute atomic E-state index is 3.41. The van der Waals surface area contributed by atoms with Gasteiger partial charge >= 0.3 is 0 Å². The Labute approximate surface area is 85.9 Å². The number of rotatable bonds is 1. The summed E-state index contributed by atoms with van der Waals surface area (Å²) in [5.74, 6) is 0. The third-order valence-corrected chi connectivity index (χ3v) is 2.93. The van der Waals surface area contributed by atoms with Gasteiger partial charge in [-0.1, -0.05) is 18.2 Å². The lowest BCUT2D eigenvalue weighted by atomic mass is 10.1. The Balaban J connectivity index is 2.25. The third-order valence-electron chi connectivity index (χ3n) is 2.93. The summed E-state index contributed by atoms with van der Waals surface area (Å²) in [6.45, 7) is 7.77. The van der Waals surface area contributed by atoms with Gasteiger partial charge in [0.1, 0.15) is 0 Å². The van der Waals surface area contributed by atoms with E-state index in [9.17, 15) is 0 Å². The lowest BCUT2D eigenvalue weighted by Crippen LogP contribution is -2.50. The maximum Gasteiger partial charge on any atom is 0.0399 e. The fraction of sp³-hybridized carbons (Fsp3) is 0.500. The van der Waals surface area contributed by atoms with Gasteiger partial charge in [0.15, 0.2) is 0 Å². The summed E-state index contributed by atoms with van der Waals surface area (Å²) in [5, 5.41) is 3.41. The number of aryl methyl sites for hydroxylation is 1. The SMILES string of the molecule is Cc1ccccc1N1CCNCC1C. The predicted octanol–water partition coefficient (Wildman–Crippen LogP) is 1.79. The van der Waals surface area contributed by atoms with Crippen LogP contribution in [0.1, 0.15) is 12.5 Å². The quantitative estimate of drug-likeness (QED) is 0.726. The first kappa shape index (κ1) is 9.53. The van der Waals surface area contributed by atoms with Crippen LogP contribution in [0.2, 0.25) is 0 Å². The number of anilines is 1. The van der Waals surface area contributed by atoms with Gasteiger partial charge in [-0.2, -0.15) is 0 Å². The summed E-state index contributed by atoms with van der Waals surface area (Å²) < 4.78 is 0. The molecule has 1 aliphatic heterocycles. The molecule has 0 radical (unpaired) electrons. The van der Waals surface area contributed by atoms with Gasteiger partial charge in [0.25, 0.3) is 0 Å². The molecule has 1 aromatic carbocycles. The van der Waals surface area contributed by atoms with E-state index in [1.165, 1.54) is 11.3 Å². The topological polar surface area (TPSA) is 15.3 Å². The number of hydrogen-bond donors (Lipinski definition) is 1. The standard InChI is InChI=1S/C12H18N2/c1-10-5-3-4-6-12(10)14-8-7-13-9-11(14)2/h3-6,11,13H,7-9H2,1-2H3. The third kappa shape index (κ3) is 1.75.